The zero-order valence-corrected chi connectivity index (χ0v) is 10.8. The molecule has 0 atom stereocenters. The fraction of sp³-hybridized carbons (Fsp3) is 0.417. The van der Waals surface area contributed by atoms with Gasteiger partial charge in [-0.3, -0.25) is 0 Å². The van der Waals surface area contributed by atoms with Gasteiger partial charge in [-0.15, -0.1) is 0 Å². The average molecular weight is 268 g/mol. The van der Waals surface area contributed by atoms with E-state index >= 15 is 0 Å². The van der Waals surface area contributed by atoms with Crippen molar-refractivity contribution < 1.29 is 13.2 Å². The van der Waals surface area contributed by atoms with Crippen molar-refractivity contribution in [3.63, 3.8) is 0 Å². The molecule has 0 unspecified atom stereocenters. The Hall–Kier alpha value is -1.56. The molecule has 2 amide bonds. The number of hydrogen-bond donors (Lipinski definition) is 1. The Morgan fingerprint density at radius 1 is 1.17 bits per heavy atom. The number of sulfone groups is 1. The van der Waals surface area contributed by atoms with Crippen molar-refractivity contribution in [3.05, 3.63) is 30.3 Å². The standard InChI is InChI=1S/C12H16N2O3S/c13-12(15)14-8-6-11(7-9-14)18(16,17)10-4-2-1-3-5-10/h1-5,11H,6-9H2,(H2,13,15). The first-order valence-electron chi connectivity index (χ1n) is 5.85. The highest BCUT2D eigenvalue weighted by molar-refractivity contribution is 7.92. The molecule has 0 saturated carbocycles. The number of nitrogens with two attached hydrogens (primary N) is 1. The molecule has 0 spiro atoms. The van der Waals surface area contributed by atoms with Gasteiger partial charge >= 0.3 is 6.03 Å². The van der Waals surface area contributed by atoms with Crippen LogP contribution in [0.5, 0.6) is 0 Å². The van der Waals surface area contributed by atoms with Crippen LogP contribution in [-0.4, -0.2) is 37.7 Å². The van der Waals surface area contributed by atoms with Crippen molar-refractivity contribution >= 4 is 15.9 Å². The summed E-state index contributed by atoms with van der Waals surface area (Å²) in [4.78, 5) is 12.8. The van der Waals surface area contributed by atoms with Gasteiger partial charge < -0.3 is 10.6 Å². The summed E-state index contributed by atoms with van der Waals surface area (Å²) in [6.45, 7) is 0.818. The normalized spacial score (nSPS) is 17.7. The van der Waals surface area contributed by atoms with E-state index in [-0.39, 0.29) is 0 Å². The van der Waals surface area contributed by atoms with Crippen molar-refractivity contribution in [2.24, 2.45) is 5.73 Å². The Labute approximate surface area is 107 Å². The van der Waals surface area contributed by atoms with E-state index in [1.807, 2.05) is 0 Å². The van der Waals surface area contributed by atoms with Gasteiger partial charge in [-0.1, -0.05) is 18.2 Å². The molecule has 6 heteroatoms. The molecule has 1 aromatic carbocycles. The topological polar surface area (TPSA) is 80.5 Å². The quantitative estimate of drug-likeness (QED) is 0.869. The van der Waals surface area contributed by atoms with Crippen molar-refractivity contribution in [1.82, 2.24) is 4.90 Å². The number of urea groups is 1. The summed E-state index contributed by atoms with van der Waals surface area (Å²) in [6, 6.07) is 7.95. The molecule has 0 aromatic heterocycles. The molecular weight excluding hydrogens is 252 g/mol. The molecule has 1 fully saturated rings. The van der Waals surface area contributed by atoms with Gasteiger partial charge in [0.1, 0.15) is 0 Å². The van der Waals surface area contributed by atoms with Crippen molar-refractivity contribution in [3.8, 4) is 0 Å². The Bertz CT molecular complexity index is 520. The first-order chi connectivity index (χ1) is 8.51. The van der Waals surface area contributed by atoms with Crippen LogP contribution in [-0.2, 0) is 9.84 Å². The average Bonchev–Trinajstić information content (AvgIpc) is 2.40. The smallest absolute Gasteiger partial charge is 0.314 e. The predicted octanol–water partition coefficient (Wildman–Crippen LogP) is 1.00. The van der Waals surface area contributed by atoms with Gasteiger partial charge in [0.15, 0.2) is 9.84 Å². The number of piperidine rings is 1. The number of primary amides is 1. The summed E-state index contributed by atoms with van der Waals surface area (Å²) < 4.78 is 24.7. The van der Waals surface area contributed by atoms with E-state index in [1.165, 1.54) is 4.90 Å². The van der Waals surface area contributed by atoms with Crippen LogP contribution in [0.3, 0.4) is 0 Å². The van der Waals surface area contributed by atoms with Gasteiger partial charge in [-0.25, -0.2) is 13.2 Å². The zero-order valence-electron chi connectivity index (χ0n) is 9.95. The van der Waals surface area contributed by atoms with E-state index in [4.69, 9.17) is 5.73 Å². The van der Waals surface area contributed by atoms with E-state index in [1.54, 1.807) is 30.3 Å². The summed E-state index contributed by atoms with van der Waals surface area (Å²) in [5.74, 6) is 0. The summed E-state index contributed by atoms with van der Waals surface area (Å²) in [5, 5.41) is -0.421. The molecular formula is C12H16N2O3S. The van der Waals surface area contributed by atoms with E-state index < -0.39 is 21.1 Å². The Morgan fingerprint density at radius 2 is 1.72 bits per heavy atom. The molecule has 0 aliphatic carbocycles. The number of benzene rings is 1. The molecule has 0 radical (unpaired) electrons. The van der Waals surface area contributed by atoms with Gasteiger partial charge in [-0.2, -0.15) is 0 Å². The van der Waals surface area contributed by atoms with Crippen molar-refractivity contribution in [2.45, 2.75) is 23.0 Å². The molecule has 5 nitrogen and oxygen atoms in total. The summed E-state index contributed by atoms with van der Waals surface area (Å²) in [5.41, 5.74) is 5.17. The Balaban J connectivity index is 2.12. The second-order valence-corrected chi connectivity index (χ2v) is 6.61. The van der Waals surface area contributed by atoms with Gasteiger partial charge in [0.25, 0.3) is 0 Å². The first-order valence-corrected chi connectivity index (χ1v) is 7.40. The fourth-order valence-corrected chi connectivity index (χ4v) is 3.94. The third kappa shape index (κ3) is 2.48. The van der Waals surface area contributed by atoms with E-state index in [0.29, 0.717) is 30.8 Å². The van der Waals surface area contributed by atoms with Gasteiger partial charge in [0, 0.05) is 13.1 Å². The maximum absolute atomic E-state index is 12.3. The fourth-order valence-electron chi connectivity index (χ4n) is 2.19. The SMILES string of the molecule is NC(=O)N1CCC(S(=O)(=O)c2ccccc2)CC1. The molecule has 2 rings (SSSR count). The highest BCUT2D eigenvalue weighted by Gasteiger charge is 2.31. The van der Waals surface area contributed by atoms with Crippen LogP contribution in [0.1, 0.15) is 12.8 Å². The van der Waals surface area contributed by atoms with Crippen LogP contribution in [0.15, 0.2) is 35.2 Å². The van der Waals surface area contributed by atoms with E-state index in [0.717, 1.165) is 0 Å². The maximum atomic E-state index is 12.3. The lowest BCUT2D eigenvalue weighted by Gasteiger charge is -2.30. The summed E-state index contributed by atoms with van der Waals surface area (Å²) >= 11 is 0. The highest BCUT2D eigenvalue weighted by atomic mass is 32.2. The highest BCUT2D eigenvalue weighted by Crippen LogP contribution is 2.24. The predicted molar refractivity (Wildman–Crippen MR) is 67.8 cm³/mol. The lowest BCUT2D eigenvalue weighted by atomic mass is 10.1. The van der Waals surface area contributed by atoms with Gasteiger partial charge in [0.2, 0.25) is 0 Å². The molecule has 1 aliphatic rings. The van der Waals surface area contributed by atoms with Crippen LogP contribution in [0.2, 0.25) is 0 Å². The van der Waals surface area contributed by atoms with Crippen LogP contribution in [0.4, 0.5) is 4.79 Å². The van der Waals surface area contributed by atoms with Crippen LogP contribution in [0.25, 0.3) is 0 Å². The largest absolute Gasteiger partial charge is 0.351 e. The van der Waals surface area contributed by atoms with Crippen molar-refractivity contribution in [2.75, 3.05) is 13.1 Å². The van der Waals surface area contributed by atoms with Gasteiger partial charge in [-0.05, 0) is 25.0 Å². The minimum atomic E-state index is -3.29. The molecule has 1 aromatic rings. The maximum Gasteiger partial charge on any atom is 0.314 e. The monoisotopic (exact) mass is 268 g/mol. The van der Waals surface area contributed by atoms with E-state index in [2.05, 4.69) is 0 Å². The number of carbonyl (C=O) groups excluding carboxylic acids is 1. The number of rotatable bonds is 2. The third-order valence-corrected chi connectivity index (χ3v) is 5.54. The van der Waals surface area contributed by atoms with E-state index in [9.17, 15) is 13.2 Å². The molecule has 18 heavy (non-hydrogen) atoms. The van der Waals surface area contributed by atoms with Crippen LogP contribution in [0, 0.1) is 0 Å². The molecule has 98 valence electrons. The summed E-state index contributed by atoms with van der Waals surface area (Å²) in [7, 11) is -3.29. The zero-order chi connectivity index (χ0) is 13.2. The lowest BCUT2D eigenvalue weighted by molar-refractivity contribution is 0.196. The Morgan fingerprint density at radius 3 is 2.22 bits per heavy atom. The van der Waals surface area contributed by atoms with Gasteiger partial charge in [0.05, 0.1) is 10.1 Å². The minimum absolute atomic E-state index is 0.350. The Kier molecular flexibility index (Phi) is 3.56. The number of likely N-dealkylation sites (tertiary alicyclic amines) is 1. The second kappa shape index (κ2) is 4.97. The number of carbonyl (C=O) groups is 1. The number of hydrogen-bond acceptors (Lipinski definition) is 3. The number of nitrogens with zero attached hydrogens (tertiary/aromatic N) is 1. The van der Waals surface area contributed by atoms with Crippen LogP contribution < -0.4 is 5.73 Å². The second-order valence-electron chi connectivity index (χ2n) is 4.38. The third-order valence-electron chi connectivity index (χ3n) is 3.26. The molecule has 2 N–H and O–H groups in total. The molecule has 1 saturated heterocycles. The van der Waals surface area contributed by atoms with Crippen molar-refractivity contribution in [1.29, 1.82) is 0 Å². The summed E-state index contributed by atoms with van der Waals surface area (Å²) in [6.07, 6.45) is 0.889. The minimum Gasteiger partial charge on any atom is -0.351 e. The molecule has 1 aliphatic heterocycles. The molecule has 0 bridgehead atoms. The lowest BCUT2D eigenvalue weighted by Crippen LogP contribution is -2.44. The number of amides is 2. The van der Waals surface area contributed by atoms with Crippen LogP contribution >= 0.6 is 0 Å². The first kappa shape index (κ1) is 12.9. The molecule has 1 heterocycles.